The maximum atomic E-state index is 12.4. The summed E-state index contributed by atoms with van der Waals surface area (Å²) in [6.45, 7) is 1.88. The van der Waals surface area contributed by atoms with Crippen LogP contribution in [0, 0.1) is 5.92 Å². The molecule has 7 heteroatoms. The first kappa shape index (κ1) is 13.0. The van der Waals surface area contributed by atoms with Gasteiger partial charge in [-0.1, -0.05) is 12.1 Å². The van der Waals surface area contributed by atoms with Crippen LogP contribution in [-0.4, -0.2) is 42.3 Å². The molecule has 0 heterocycles. The van der Waals surface area contributed by atoms with Crippen LogP contribution in [0.3, 0.4) is 0 Å². The van der Waals surface area contributed by atoms with Gasteiger partial charge in [0.1, 0.15) is 5.92 Å². The molecule has 0 amide bonds. The number of hydrogen-bond acceptors (Lipinski definition) is 3. The highest BCUT2D eigenvalue weighted by atomic mass is 19.4. The zero-order valence-electron chi connectivity index (χ0n) is 8.04. The Hall–Kier alpha value is -0.980. The molecule has 0 aromatic rings. The van der Waals surface area contributed by atoms with Crippen molar-refractivity contribution in [2.24, 2.45) is 16.8 Å². The Kier molecular flexibility index (Phi) is 4.69. The fraction of sp³-hybridized carbons (Fsp3) is 0.857. The third-order valence-corrected chi connectivity index (χ3v) is 1.90. The molecule has 0 aliphatic carbocycles. The van der Waals surface area contributed by atoms with Gasteiger partial charge in [0.05, 0.1) is 0 Å². The van der Waals surface area contributed by atoms with Gasteiger partial charge >= 0.3 is 6.18 Å². The van der Waals surface area contributed by atoms with Gasteiger partial charge < -0.3 is 15.8 Å². The molecule has 1 unspecified atom stereocenters. The Labute approximate surface area is 80.2 Å². The third kappa shape index (κ3) is 3.82. The molecule has 1 atom stereocenters. The van der Waals surface area contributed by atoms with Crippen LogP contribution in [0.2, 0.25) is 0 Å². The first-order valence-corrected chi connectivity index (χ1v) is 4.05. The lowest BCUT2D eigenvalue weighted by atomic mass is 10.1. The van der Waals surface area contributed by atoms with E-state index in [2.05, 4.69) is 5.16 Å². The van der Waals surface area contributed by atoms with Crippen molar-refractivity contribution in [2.75, 3.05) is 20.1 Å². The van der Waals surface area contributed by atoms with Crippen molar-refractivity contribution >= 4 is 5.84 Å². The van der Waals surface area contributed by atoms with Crippen molar-refractivity contribution < 1.29 is 18.4 Å². The van der Waals surface area contributed by atoms with Gasteiger partial charge in [-0.25, -0.2) is 0 Å². The van der Waals surface area contributed by atoms with Crippen LogP contribution in [0.1, 0.15) is 6.92 Å². The molecule has 0 aromatic carbocycles. The average Bonchev–Trinajstić information content (AvgIpc) is 2.10. The SMILES string of the molecule is CCN(C)CC(C(N)=NO)C(F)(F)F. The second-order valence-electron chi connectivity index (χ2n) is 2.97. The third-order valence-electron chi connectivity index (χ3n) is 1.90. The number of nitrogens with two attached hydrogens (primary N) is 1. The molecule has 0 saturated heterocycles. The molecule has 0 radical (unpaired) electrons. The number of nitrogens with zero attached hydrogens (tertiary/aromatic N) is 2. The zero-order valence-corrected chi connectivity index (χ0v) is 8.04. The van der Waals surface area contributed by atoms with Crippen molar-refractivity contribution in [1.82, 2.24) is 4.90 Å². The molecule has 4 nitrogen and oxygen atoms in total. The number of hydrogen-bond donors (Lipinski definition) is 2. The van der Waals surface area contributed by atoms with Gasteiger partial charge in [-0.2, -0.15) is 13.2 Å². The van der Waals surface area contributed by atoms with Gasteiger partial charge in [0.2, 0.25) is 0 Å². The van der Waals surface area contributed by atoms with E-state index in [1.807, 2.05) is 0 Å². The Bertz CT molecular complexity index is 205. The van der Waals surface area contributed by atoms with E-state index in [1.165, 1.54) is 11.9 Å². The minimum atomic E-state index is -4.49. The summed E-state index contributed by atoms with van der Waals surface area (Å²) in [5, 5.41) is 10.6. The maximum Gasteiger partial charge on any atom is 0.400 e. The molecule has 3 N–H and O–H groups in total. The highest BCUT2D eigenvalue weighted by molar-refractivity contribution is 5.83. The number of oxime groups is 1. The molecule has 14 heavy (non-hydrogen) atoms. The zero-order chi connectivity index (χ0) is 11.4. The van der Waals surface area contributed by atoms with Gasteiger partial charge in [-0.3, -0.25) is 0 Å². The van der Waals surface area contributed by atoms with Crippen molar-refractivity contribution in [3.05, 3.63) is 0 Å². The Morgan fingerprint density at radius 1 is 1.57 bits per heavy atom. The van der Waals surface area contributed by atoms with Crippen molar-refractivity contribution in [3.63, 3.8) is 0 Å². The molecule has 0 rings (SSSR count). The van der Waals surface area contributed by atoms with Gasteiger partial charge in [0, 0.05) is 6.54 Å². The lowest BCUT2D eigenvalue weighted by molar-refractivity contribution is -0.159. The van der Waals surface area contributed by atoms with E-state index in [1.54, 1.807) is 6.92 Å². The summed E-state index contributed by atoms with van der Waals surface area (Å²) in [6, 6.07) is 0. The van der Waals surface area contributed by atoms with Crippen molar-refractivity contribution in [1.29, 1.82) is 0 Å². The topological polar surface area (TPSA) is 61.8 Å². The smallest absolute Gasteiger partial charge is 0.400 e. The van der Waals surface area contributed by atoms with E-state index in [-0.39, 0.29) is 6.54 Å². The molecule has 84 valence electrons. The summed E-state index contributed by atoms with van der Waals surface area (Å²) in [4.78, 5) is 1.44. The van der Waals surface area contributed by atoms with Gasteiger partial charge in [0.15, 0.2) is 5.84 Å². The molecule has 0 saturated carbocycles. The fourth-order valence-electron chi connectivity index (χ4n) is 0.875. The predicted molar refractivity (Wildman–Crippen MR) is 46.1 cm³/mol. The molecular weight excluding hydrogens is 199 g/mol. The summed E-state index contributed by atoms with van der Waals surface area (Å²) in [5.41, 5.74) is 4.96. The lowest BCUT2D eigenvalue weighted by Crippen LogP contribution is -2.43. The molecule has 0 bridgehead atoms. The molecule has 0 fully saturated rings. The van der Waals surface area contributed by atoms with Crippen LogP contribution in [0.4, 0.5) is 13.2 Å². The van der Waals surface area contributed by atoms with Crippen molar-refractivity contribution in [3.8, 4) is 0 Å². The number of rotatable bonds is 4. The first-order valence-electron chi connectivity index (χ1n) is 4.05. The van der Waals surface area contributed by atoms with Crippen molar-refractivity contribution in [2.45, 2.75) is 13.1 Å². The maximum absolute atomic E-state index is 12.4. The monoisotopic (exact) mass is 213 g/mol. The van der Waals surface area contributed by atoms with Crippen LogP contribution in [0.15, 0.2) is 5.16 Å². The summed E-state index contributed by atoms with van der Waals surface area (Å²) in [5.74, 6) is -2.73. The van der Waals surface area contributed by atoms with Crippen LogP contribution in [-0.2, 0) is 0 Å². The standard InChI is InChI=1S/C7H14F3N3O/c1-3-13(2)4-5(6(11)12-14)7(8,9)10/h5,14H,3-4H2,1-2H3,(H2,11,12). The Morgan fingerprint density at radius 3 is 2.36 bits per heavy atom. The van der Waals surface area contributed by atoms with Crippen LogP contribution < -0.4 is 5.73 Å². The number of amidine groups is 1. The minimum absolute atomic E-state index is 0.310. The quantitative estimate of drug-likeness (QED) is 0.315. The largest absolute Gasteiger partial charge is 0.409 e. The highest BCUT2D eigenvalue weighted by Crippen LogP contribution is 2.26. The second kappa shape index (κ2) is 5.04. The van der Waals surface area contributed by atoms with E-state index in [0.717, 1.165) is 0 Å². The average molecular weight is 213 g/mol. The summed E-state index contributed by atoms with van der Waals surface area (Å²) < 4.78 is 37.1. The molecule has 0 spiro atoms. The minimum Gasteiger partial charge on any atom is -0.409 e. The van der Waals surface area contributed by atoms with E-state index in [4.69, 9.17) is 10.9 Å². The van der Waals surface area contributed by atoms with Gasteiger partial charge in [-0.15, -0.1) is 0 Å². The normalized spacial score (nSPS) is 16.0. The van der Waals surface area contributed by atoms with Gasteiger partial charge in [0.25, 0.3) is 0 Å². The molecule has 0 aliphatic heterocycles. The Balaban J connectivity index is 4.58. The van der Waals surface area contributed by atoms with E-state index in [9.17, 15) is 13.2 Å². The Morgan fingerprint density at radius 2 is 2.07 bits per heavy atom. The molecular formula is C7H14F3N3O. The predicted octanol–water partition coefficient (Wildman–Crippen LogP) is 0.863. The van der Waals surface area contributed by atoms with E-state index in [0.29, 0.717) is 6.54 Å². The van der Waals surface area contributed by atoms with E-state index < -0.39 is 17.9 Å². The van der Waals surface area contributed by atoms with Crippen LogP contribution >= 0.6 is 0 Å². The molecule has 0 aromatic heterocycles. The summed E-state index contributed by atoms with van der Waals surface area (Å²) in [7, 11) is 1.53. The second-order valence-corrected chi connectivity index (χ2v) is 2.97. The van der Waals surface area contributed by atoms with E-state index >= 15 is 0 Å². The number of alkyl halides is 3. The fourth-order valence-corrected chi connectivity index (χ4v) is 0.875. The van der Waals surface area contributed by atoms with Gasteiger partial charge in [-0.05, 0) is 13.6 Å². The van der Waals surface area contributed by atoms with Crippen LogP contribution in [0.5, 0.6) is 0 Å². The molecule has 0 aliphatic rings. The number of halogens is 3. The first-order chi connectivity index (χ1) is 6.32. The summed E-state index contributed by atoms with van der Waals surface area (Å²) in [6.07, 6.45) is -4.49. The van der Waals surface area contributed by atoms with Crippen LogP contribution in [0.25, 0.3) is 0 Å². The highest BCUT2D eigenvalue weighted by Gasteiger charge is 2.43. The summed E-state index contributed by atoms with van der Waals surface area (Å²) >= 11 is 0. The lowest BCUT2D eigenvalue weighted by Gasteiger charge is -2.23.